The Morgan fingerprint density at radius 3 is 2.45 bits per heavy atom. The number of anilines is 2. The SMILES string of the molecule is O=C(NC(=S)Nc1ccc(N2CCN(C(=O)c3ccco3)CC2)c(Cl)c1)c1ccccc1Br. The molecule has 1 aliphatic rings. The fourth-order valence-electron chi connectivity index (χ4n) is 3.53. The molecule has 1 aromatic heterocycles. The summed E-state index contributed by atoms with van der Waals surface area (Å²) in [6.45, 7) is 2.45. The summed E-state index contributed by atoms with van der Waals surface area (Å²) < 4.78 is 5.89. The van der Waals surface area contributed by atoms with Crippen molar-refractivity contribution in [2.75, 3.05) is 36.4 Å². The van der Waals surface area contributed by atoms with Gasteiger partial charge in [0.25, 0.3) is 11.8 Å². The number of thiocarbonyl (C=S) groups is 1. The lowest BCUT2D eigenvalue weighted by Gasteiger charge is -2.36. The lowest BCUT2D eigenvalue weighted by molar-refractivity contribution is 0.0714. The van der Waals surface area contributed by atoms with Crippen molar-refractivity contribution in [3.8, 4) is 0 Å². The number of hydrogen-bond donors (Lipinski definition) is 2. The van der Waals surface area contributed by atoms with Crippen molar-refractivity contribution >= 4 is 68.1 Å². The average Bonchev–Trinajstić information content (AvgIpc) is 3.34. The quantitative estimate of drug-likeness (QED) is 0.458. The summed E-state index contributed by atoms with van der Waals surface area (Å²) in [5.74, 6) is -0.0763. The molecule has 1 aliphatic heterocycles. The molecule has 0 atom stereocenters. The van der Waals surface area contributed by atoms with Crippen molar-refractivity contribution in [2.45, 2.75) is 0 Å². The molecule has 10 heteroatoms. The third-order valence-electron chi connectivity index (χ3n) is 5.19. The Kier molecular flexibility index (Phi) is 7.32. The third kappa shape index (κ3) is 5.55. The number of nitrogens with one attached hydrogen (secondary N) is 2. The van der Waals surface area contributed by atoms with Crippen LogP contribution in [0.4, 0.5) is 11.4 Å². The summed E-state index contributed by atoms with van der Waals surface area (Å²) in [6.07, 6.45) is 1.50. The summed E-state index contributed by atoms with van der Waals surface area (Å²) in [7, 11) is 0. The number of halogens is 2. The van der Waals surface area contributed by atoms with Crippen molar-refractivity contribution in [1.82, 2.24) is 10.2 Å². The van der Waals surface area contributed by atoms with Crippen molar-refractivity contribution in [3.63, 3.8) is 0 Å². The number of piperazine rings is 1. The summed E-state index contributed by atoms with van der Waals surface area (Å²) in [5.41, 5.74) is 2.02. The molecule has 7 nitrogen and oxygen atoms in total. The Morgan fingerprint density at radius 2 is 1.79 bits per heavy atom. The van der Waals surface area contributed by atoms with Crippen LogP contribution in [0.3, 0.4) is 0 Å². The molecule has 0 spiro atoms. The molecule has 2 N–H and O–H groups in total. The molecule has 2 aromatic carbocycles. The molecule has 0 bridgehead atoms. The lowest BCUT2D eigenvalue weighted by Crippen LogP contribution is -2.48. The van der Waals surface area contributed by atoms with E-state index in [0.29, 0.717) is 52.7 Å². The summed E-state index contributed by atoms with van der Waals surface area (Å²) in [6, 6.07) is 16.0. The van der Waals surface area contributed by atoms with Gasteiger partial charge in [-0.3, -0.25) is 14.9 Å². The first-order valence-electron chi connectivity index (χ1n) is 10.2. The Labute approximate surface area is 209 Å². The molecule has 1 fully saturated rings. The predicted octanol–water partition coefficient (Wildman–Crippen LogP) is 4.78. The van der Waals surface area contributed by atoms with Crippen LogP contribution in [-0.4, -0.2) is 48.0 Å². The molecular formula is C23H20BrClN4O3S. The maximum Gasteiger partial charge on any atom is 0.289 e. The molecule has 170 valence electrons. The second kappa shape index (κ2) is 10.4. The zero-order chi connectivity index (χ0) is 23.4. The highest BCUT2D eigenvalue weighted by molar-refractivity contribution is 9.10. The van der Waals surface area contributed by atoms with Crippen LogP contribution in [0.2, 0.25) is 5.02 Å². The normalized spacial score (nSPS) is 13.5. The zero-order valence-electron chi connectivity index (χ0n) is 17.4. The number of rotatable bonds is 4. The minimum Gasteiger partial charge on any atom is -0.459 e. The highest BCUT2D eigenvalue weighted by atomic mass is 79.9. The van der Waals surface area contributed by atoms with Crippen molar-refractivity contribution in [2.24, 2.45) is 0 Å². The van der Waals surface area contributed by atoms with Crippen LogP contribution in [0.15, 0.2) is 69.8 Å². The molecule has 33 heavy (non-hydrogen) atoms. The van der Waals surface area contributed by atoms with Crippen LogP contribution in [0.5, 0.6) is 0 Å². The van der Waals surface area contributed by atoms with Gasteiger partial charge in [-0.25, -0.2) is 0 Å². The molecule has 0 radical (unpaired) electrons. The molecule has 2 heterocycles. The van der Waals surface area contributed by atoms with E-state index in [9.17, 15) is 9.59 Å². The smallest absolute Gasteiger partial charge is 0.289 e. The third-order valence-corrected chi connectivity index (χ3v) is 6.39. The van der Waals surface area contributed by atoms with E-state index in [1.165, 1.54) is 6.26 Å². The molecule has 1 saturated heterocycles. The van der Waals surface area contributed by atoms with Crippen LogP contribution in [0.1, 0.15) is 20.9 Å². The maximum atomic E-state index is 12.4. The summed E-state index contributed by atoms with van der Waals surface area (Å²) >= 11 is 15.2. The molecule has 2 amide bonds. The van der Waals surface area contributed by atoms with Gasteiger partial charge in [0.1, 0.15) is 0 Å². The van der Waals surface area contributed by atoms with E-state index in [-0.39, 0.29) is 16.9 Å². The van der Waals surface area contributed by atoms with Gasteiger partial charge in [-0.2, -0.15) is 0 Å². The summed E-state index contributed by atoms with van der Waals surface area (Å²) in [5, 5.41) is 6.37. The van der Waals surface area contributed by atoms with Gasteiger partial charge < -0.3 is 19.5 Å². The molecular weight excluding hydrogens is 528 g/mol. The first-order valence-corrected chi connectivity index (χ1v) is 11.7. The van der Waals surface area contributed by atoms with Gasteiger partial charge in [0.2, 0.25) is 0 Å². The number of carbonyl (C=O) groups excluding carboxylic acids is 2. The maximum absolute atomic E-state index is 12.4. The van der Waals surface area contributed by atoms with Crippen LogP contribution in [0.25, 0.3) is 0 Å². The number of nitrogens with zero attached hydrogens (tertiary/aromatic N) is 2. The zero-order valence-corrected chi connectivity index (χ0v) is 20.5. The van der Waals surface area contributed by atoms with E-state index in [4.69, 9.17) is 28.2 Å². The van der Waals surface area contributed by atoms with E-state index >= 15 is 0 Å². The van der Waals surface area contributed by atoms with Gasteiger partial charge in [-0.05, 0) is 70.6 Å². The highest BCUT2D eigenvalue weighted by Gasteiger charge is 2.24. The Hall–Kier alpha value is -2.88. The van der Waals surface area contributed by atoms with Crippen LogP contribution < -0.4 is 15.5 Å². The first kappa shape index (κ1) is 23.3. The average molecular weight is 548 g/mol. The lowest BCUT2D eigenvalue weighted by atomic mass is 10.2. The Balaban J connectivity index is 1.33. The second-order valence-electron chi connectivity index (χ2n) is 7.31. The topological polar surface area (TPSA) is 77.8 Å². The first-order chi connectivity index (χ1) is 15.9. The van der Waals surface area contributed by atoms with Gasteiger partial charge in [0.15, 0.2) is 10.9 Å². The monoisotopic (exact) mass is 546 g/mol. The molecule has 3 aromatic rings. The van der Waals surface area contributed by atoms with Gasteiger partial charge in [0, 0.05) is 36.3 Å². The minimum atomic E-state index is -0.315. The Bertz CT molecular complexity index is 1180. The standard InChI is InChI=1S/C23H20BrClN4O3S/c24-17-5-2-1-4-16(17)21(30)27-23(33)26-15-7-8-19(18(25)14-15)28-9-11-29(12-10-28)22(31)20-6-3-13-32-20/h1-8,13-14H,9-12H2,(H2,26,27,30,33). The molecule has 4 rings (SSSR count). The van der Waals surface area contributed by atoms with Crippen molar-refractivity contribution < 1.29 is 14.0 Å². The van der Waals surface area contributed by atoms with E-state index in [0.717, 1.165) is 5.69 Å². The van der Waals surface area contributed by atoms with Gasteiger partial charge in [-0.1, -0.05) is 23.7 Å². The fourth-order valence-corrected chi connectivity index (χ4v) is 4.50. The molecule has 0 aliphatic carbocycles. The number of amides is 2. The second-order valence-corrected chi connectivity index (χ2v) is 8.98. The molecule has 0 unspecified atom stereocenters. The predicted molar refractivity (Wildman–Crippen MR) is 136 cm³/mol. The number of carbonyl (C=O) groups is 2. The van der Waals surface area contributed by atoms with Gasteiger partial charge >= 0.3 is 0 Å². The summed E-state index contributed by atoms with van der Waals surface area (Å²) in [4.78, 5) is 28.7. The van der Waals surface area contributed by atoms with Gasteiger partial charge in [-0.15, -0.1) is 0 Å². The van der Waals surface area contributed by atoms with Crippen LogP contribution in [0, 0.1) is 0 Å². The van der Waals surface area contributed by atoms with Crippen LogP contribution in [-0.2, 0) is 0 Å². The number of furan rings is 1. The largest absolute Gasteiger partial charge is 0.459 e. The van der Waals surface area contributed by atoms with Gasteiger partial charge in [0.05, 0.1) is 22.5 Å². The molecule has 0 saturated carbocycles. The fraction of sp³-hybridized carbons (Fsp3) is 0.174. The highest BCUT2D eigenvalue weighted by Crippen LogP contribution is 2.30. The van der Waals surface area contributed by atoms with E-state index in [1.54, 1.807) is 41.3 Å². The van der Waals surface area contributed by atoms with E-state index in [1.807, 2.05) is 18.2 Å². The number of benzene rings is 2. The van der Waals surface area contributed by atoms with E-state index < -0.39 is 0 Å². The van der Waals surface area contributed by atoms with Crippen molar-refractivity contribution in [3.05, 3.63) is 81.7 Å². The number of hydrogen-bond acceptors (Lipinski definition) is 5. The van der Waals surface area contributed by atoms with Crippen LogP contribution >= 0.6 is 39.7 Å². The van der Waals surface area contributed by atoms with E-state index in [2.05, 4.69) is 31.5 Å². The Morgan fingerprint density at radius 1 is 1.03 bits per heavy atom. The minimum absolute atomic E-state index is 0.108. The van der Waals surface area contributed by atoms with Crippen molar-refractivity contribution in [1.29, 1.82) is 0 Å².